The molecule has 0 spiro atoms. The summed E-state index contributed by atoms with van der Waals surface area (Å²) in [6, 6.07) is 3.42. The van der Waals surface area contributed by atoms with Gasteiger partial charge in [-0.3, -0.25) is 4.31 Å². The lowest BCUT2D eigenvalue weighted by molar-refractivity contribution is -0.108. The molecule has 0 radical (unpaired) electrons. The topological polar surface area (TPSA) is 67.3 Å². The first-order chi connectivity index (χ1) is 7.04. The van der Waals surface area contributed by atoms with Gasteiger partial charge in [0.2, 0.25) is 10.0 Å². The molecule has 1 unspecified atom stereocenters. The number of hydrogen-bond donors (Lipinski definition) is 0. The van der Waals surface area contributed by atoms with Gasteiger partial charge in [0.15, 0.2) is 0 Å². The van der Waals surface area contributed by atoms with Gasteiger partial charge in [-0.25, -0.2) is 13.4 Å². The highest BCUT2D eigenvalue weighted by atomic mass is 32.2. The first-order valence-electron chi connectivity index (χ1n) is 4.42. The predicted octanol–water partition coefficient (Wildman–Crippen LogP) is 0.144. The summed E-state index contributed by atoms with van der Waals surface area (Å²) in [7, 11) is -3.35. The van der Waals surface area contributed by atoms with Crippen molar-refractivity contribution in [3.8, 4) is 0 Å². The maximum atomic E-state index is 11.4. The Morgan fingerprint density at radius 3 is 2.93 bits per heavy atom. The van der Waals surface area contributed by atoms with Crippen molar-refractivity contribution >= 4 is 22.1 Å². The van der Waals surface area contributed by atoms with Crippen LogP contribution in [0.2, 0.25) is 0 Å². The van der Waals surface area contributed by atoms with E-state index in [0.717, 1.165) is 12.5 Å². The highest BCUT2D eigenvalue weighted by molar-refractivity contribution is 7.92. The van der Waals surface area contributed by atoms with E-state index in [1.807, 2.05) is 0 Å². The van der Waals surface area contributed by atoms with Crippen LogP contribution < -0.4 is 4.31 Å². The summed E-state index contributed by atoms with van der Waals surface area (Å²) in [5, 5.41) is 0. The Morgan fingerprint density at radius 1 is 1.60 bits per heavy atom. The van der Waals surface area contributed by atoms with E-state index < -0.39 is 15.9 Å². The third-order valence-electron chi connectivity index (χ3n) is 2.38. The number of nitrogens with zero attached hydrogens (tertiary/aromatic N) is 2. The van der Waals surface area contributed by atoms with Crippen molar-refractivity contribution in [1.29, 1.82) is 0 Å². The number of aromatic nitrogens is 1. The Morgan fingerprint density at radius 2 is 2.33 bits per heavy atom. The van der Waals surface area contributed by atoms with E-state index in [2.05, 4.69) is 4.98 Å². The Balaban J connectivity index is 2.56. The Kier molecular flexibility index (Phi) is 2.22. The average molecular weight is 226 g/mol. The molecule has 2 heterocycles. The number of rotatable bonds is 2. The van der Waals surface area contributed by atoms with E-state index in [1.54, 1.807) is 12.1 Å². The lowest BCUT2D eigenvalue weighted by atomic mass is 10.1. The third kappa shape index (κ3) is 1.61. The fourth-order valence-corrected chi connectivity index (χ4v) is 2.58. The van der Waals surface area contributed by atoms with E-state index >= 15 is 0 Å². The van der Waals surface area contributed by atoms with Crippen LogP contribution in [0.5, 0.6) is 0 Å². The van der Waals surface area contributed by atoms with Crippen molar-refractivity contribution < 1.29 is 13.2 Å². The van der Waals surface area contributed by atoms with E-state index in [-0.39, 0.29) is 6.54 Å². The summed E-state index contributed by atoms with van der Waals surface area (Å²) < 4.78 is 24.0. The van der Waals surface area contributed by atoms with Crippen LogP contribution >= 0.6 is 0 Å². The minimum absolute atomic E-state index is 0.161. The fourth-order valence-electron chi connectivity index (χ4n) is 1.68. The SMILES string of the molecule is CS(=O)(=O)N1CC(C=O)c2cccnc21. The Labute approximate surface area is 87.8 Å². The molecular formula is C9H10N2O3S. The molecule has 0 saturated heterocycles. The van der Waals surface area contributed by atoms with Crippen molar-refractivity contribution in [2.75, 3.05) is 17.1 Å². The van der Waals surface area contributed by atoms with Crippen LogP contribution in [0.15, 0.2) is 18.3 Å². The Bertz CT molecular complexity index is 498. The third-order valence-corrected chi connectivity index (χ3v) is 3.50. The number of sulfonamides is 1. The lowest BCUT2D eigenvalue weighted by Gasteiger charge is -2.14. The highest BCUT2D eigenvalue weighted by Crippen LogP contribution is 2.34. The molecule has 80 valence electrons. The molecule has 0 N–H and O–H groups in total. The summed E-state index contributed by atoms with van der Waals surface area (Å²) >= 11 is 0. The van der Waals surface area contributed by atoms with Crippen LogP contribution in [0.1, 0.15) is 11.5 Å². The van der Waals surface area contributed by atoms with Crippen molar-refractivity contribution in [2.45, 2.75) is 5.92 Å². The van der Waals surface area contributed by atoms with Gasteiger partial charge >= 0.3 is 0 Å². The maximum Gasteiger partial charge on any atom is 0.233 e. The molecule has 0 aromatic carbocycles. The van der Waals surface area contributed by atoms with Crippen molar-refractivity contribution in [3.05, 3.63) is 23.9 Å². The summed E-state index contributed by atoms with van der Waals surface area (Å²) in [6.07, 6.45) is 3.38. The van der Waals surface area contributed by atoms with Gasteiger partial charge in [-0.05, 0) is 6.07 Å². The fraction of sp³-hybridized carbons (Fsp3) is 0.333. The largest absolute Gasteiger partial charge is 0.303 e. The number of anilines is 1. The number of pyridine rings is 1. The molecule has 6 heteroatoms. The summed E-state index contributed by atoms with van der Waals surface area (Å²) in [5.74, 6) is -0.0273. The van der Waals surface area contributed by atoms with E-state index in [4.69, 9.17) is 0 Å². The Hall–Kier alpha value is -1.43. The maximum absolute atomic E-state index is 11.4. The van der Waals surface area contributed by atoms with Gasteiger partial charge in [-0.2, -0.15) is 0 Å². The van der Waals surface area contributed by atoms with Gasteiger partial charge in [0, 0.05) is 18.3 Å². The molecule has 1 aromatic rings. The monoisotopic (exact) mass is 226 g/mol. The minimum Gasteiger partial charge on any atom is -0.303 e. The van der Waals surface area contributed by atoms with Crippen LogP contribution in [0.25, 0.3) is 0 Å². The smallest absolute Gasteiger partial charge is 0.233 e. The molecule has 2 rings (SSSR count). The molecule has 1 atom stereocenters. The second-order valence-corrected chi connectivity index (χ2v) is 5.36. The first kappa shape index (κ1) is 10.1. The van der Waals surface area contributed by atoms with Crippen LogP contribution in [0.3, 0.4) is 0 Å². The summed E-state index contributed by atoms with van der Waals surface area (Å²) in [6.45, 7) is 0.161. The standard InChI is InChI=1S/C9H10N2O3S/c1-15(13,14)11-5-7(6-12)8-3-2-4-10-9(8)11/h2-4,6-7H,5H2,1H3. The van der Waals surface area contributed by atoms with Crippen molar-refractivity contribution in [2.24, 2.45) is 0 Å². The van der Waals surface area contributed by atoms with E-state index in [1.165, 1.54) is 10.5 Å². The van der Waals surface area contributed by atoms with Gasteiger partial charge in [0.25, 0.3) is 0 Å². The second kappa shape index (κ2) is 3.30. The van der Waals surface area contributed by atoms with Crippen LogP contribution in [0, 0.1) is 0 Å². The van der Waals surface area contributed by atoms with E-state index in [9.17, 15) is 13.2 Å². The van der Waals surface area contributed by atoms with Crippen LogP contribution in [-0.2, 0) is 14.8 Å². The molecule has 0 amide bonds. The van der Waals surface area contributed by atoms with E-state index in [0.29, 0.717) is 11.4 Å². The first-order valence-corrected chi connectivity index (χ1v) is 6.27. The van der Waals surface area contributed by atoms with Crippen LogP contribution in [-0.4, -0.2) is 32.5 Å². The zero-order valence-electron chi connectivity index (χ0n) is 8.12. The quantitative estimate of drug-likeness (QED) is 0.673. The zero-order chi connectivity index (χ0) is 11.1. The van der Waals surface area contributed by atoms with Crippen molar-refractivity contribution in [3.63, 3.8) is 0 Å². The van der Waals surface area contributed by atoms with Gasteiger partial charge in [0.1, 0.15) is 12.1 Å². The molecule has 0 saturated carbocycles. The predicted molar refractivity (Wildman–Crippen MR) is 55.2 cm³/mol. The number of fused-ring (bicyclic) bond motifs is 1. The van der Waals surface area contributed by atoms with Gasteiger partial charge < -0.3 is 4.79 Å². The average Bonchev–Trinajstić information content (AvgIpc) is 2.55. The molecule has 15 heavy (non-hydrogen) atoms. The lowest BCUT2D eigenvalue weighted by Crippen LogP contribution is -2.29. The zero-order valence-corrected chi connectivity index (χ0v) is 8.94. The number of carbonyl (C=O) groups is 1. The van der Waals surface area contributed by atoms with Gasteiger partial charge in [-0.1, -0.05) is 6.07 Å². The summed E-state index contributed by atoms with van der Waals surface area (Å²) in [5.41, 5.74) is 0.679. The number of hydrogen-bond acceptors (Lipinski definition) is 4. The normalized spacial score (nSPS) is 20.1. The molecular weight excluding hydrogens is 216 g/mol. The molecule has 0 bridgehead atoms. The molecule has 0 fully saturated rings. The highest BCUT2D eigenvalue weighted by Gasteiger charge is 2.34. The minimum atomic E-state index is -3.35. The molecule has 1 aliphatic rings. The van der Waals surface area contributed by atoms with Crippen molar-refractivity contribution in [1.82, 2.24) is 4.98 Å². The molecule has 5 nitrogen and oxygen atoms in total. The molecule has 1 aromatic heterocycles. The molecule has 1 aliphatic heterocycles. The molecule has 0 aliphatic carbocycles. The number of aldehydes is 1. The van der Waals surface area contributed by atoms with Gasteiger partial charge in [0.05, 0.1) is 12.2 Å². The van der Waals surface area contributed by atoms with Gasteiger partial charge in [-0.15, -0.1) is 0 Å². The van der Waals surface area contributed by atoms with Crippen LogP contribution in [0.4, 0.5) is 5.82 Å². The summed E-state index contributed by atoms with van der Waals surface area (Å²) in [4.78, 5) is 14.8. The second-order valence-electron chi connectivity index (χ2n) is 3.45. The number of carbonyl (C=O) groups excluding carboxylic acids is 1.